The van der Waals surface area contributed by atoms with Gasteiger partial charge in [0, 0.05) is 24.8 Å². The zero-order chi connectivity index (χ0) is 13.8. The third-order valence-electron chi connectivity index (χ3n) is 2.35. The van der Waals surface area contributed by atoms with Crippen LogP contribution in [-0.4, -0.2) is 32.5 Å². The summed E-state index contributed by atoms with van der Waals surface area (Å²) in [5.74, 6) is -0.474. The monoisotopic (exact) mass is 281 g/mol. The highest BCUT2D eigenvalue weighted by Crippen LogP contribution is 2.27. The SMILES string of the molecule is COC(C)c1nsc(Oc2cnccc2C(=O)O)n1. The average molecular weight is 281 g/mol. The highest BCUT2D eigenvalue weighted by Gasteiger charge is 2.16. The van der Waals surface area contributed by atoms with E-state index in [2.05, 4.69) is 14.3 Å². The van der Waals surface area contributed by atoms with Gasteiger partial charge in [0.2, 0.25) is 0 Å². The summed E-state index contributed by atoms with van der Waals surface area (Å²) in [5, 5.41) is 9.26. The molecule has 1 unspecified atom stereocenters. The van der Waals surface area contributed by atoms with Crippen molar-refractivity contribution in [3.8, 4) is 10.9 Å². The number of aromatic nitrogens is 3. The van der Waals surface area contributed by atoms with Crippen LogP contribution in [-0.2, 0) is 4.74 Å². The Bertz CT molecular complexity index is 587. The Morgan fingerprint density at radius 2 is 2.32 bits per heavy atom. The van der Waals surface area contributed by atoms with Crippen LogP contribution in [0, 0.1) is 0 Å². The predicted molar refractivity (Wildman–Crippen MR) is 66.6 cm³/mol. The fourth-order valence-corrected chi connectivity index (χ4v) is 1.89. The molecular weight excluding hydrogens is 270 g/mol. The van der Waals surface area contributed by atoms with Crippen molar-refractivity contribution >= 4 is 17.5 Å². The van der Waals surface area contributed by atoms with Gasteiger partial charge in [-0.2, -0.15) is 9.36 Å². The van der Waals surface area contributed by atoms with Crippen LogP contribution < -0.4 is 4.74 Å². The van der Waals surface area contributed by atoms with Crippen LogP contribution in [0.2, 0.25) is 0 Å². The lowest BCUT2D eigenvalue weighted by molar-refractivity contribution is 0.0694. The summed E-state index contributed by atoms with van der Waals surface area (Å²) in [7, 11) is 1.55. The highest BCUT2D eigenvalue weighted by atomic mass is 32.1. The standard InChI is InChI=1S/C11H11N3O4S/c1-6(17-2)9-13-11(19-14-9)18-8-5-12-4-3-7(8)10(15)16/h3-6H,1-2H3,(H,15,16). The van der Waals surface area contributed by atoms with E-state index in [1.54, 1.807) is 14.0 Å². The number of ether oxygens (including phenoxy) is 2. The number of rotatable bonds is 5. The minimum atomic E-state index is -1.09. The van der Waals surface area contributed by atoms with Crippen molar-refractivity contribution in [2.45, 2.75) is 13.0 Å². The minimum Gasteiger partial charge on any atom is -0.478 e. The third kappa shape index (κ3) is 3.04. The second-order valence-corrected chi connectivity index (χ2v) is 4.29. The summed E-state index contributed by atoms with van der Waals surface area (Å²) in [5.41, 5.74) is 0.0199. The Morgan fingerprint density at radius 1 is 1.53 bits per heavy atom. The molecule has 0 saturated carbocycles. The van der Waals surface area contributed by atoms with E-state index in [-0.39, 0.29) is 22.6 Å². The highest BCUT2D eigenvalue weighted by molar-refractivity contribution is 7.07. The molecule has 100 valence electrons. The molecule has 0 aliphatic heterocycles. The number of hydrogen-bond acceptors (Lipinski definition) is 7. The van der Waals surface area contributed by atoms with Crippen molar-refractivity contribution < 1.29 is 19.4 Å². The van der Waals surface area contributed by atoms with E-state index in [1.807, 2.05) is 0 Å². The summed E-state index contributed by atoms with van der Waals surface area (Å²) < 4.78 is 14.5. The van der Waals surface area contributed by atoms with E-state index < -0.39 is 5.97 Å². The largest absolute Gasteiger partial charge is 0.478 e. The fraction of sp³-hybridized carbons (Fsp3) is 0.273. The molecule has 0 bridgehead atoms. The molecule has 1 atom stereocenters. The normalized spacial score (nSPS) is 12.1. The molecule has 2 rings (SSSR count). The first-order valence-corrected chi connectivity index (χ1v) is 6.10. The van der Waals surface area contributed by atoms with Crippen LogP contribution in [0.4, 0.5) is 0 Å². The topological polar surface area (TPSA) is 94.4 Å². The molecule has 7 nitrogen and oxygen atoms in total. The van der Waals surface area contributed by atoms with Crippen molar-refractivity contribution in [3.05, 3.63) is 29.8 Å². The van der Waals surface area contributed by atoms with Crippen molar-refractivity contribution in [1.82, 2.24) is 14.3 Å². The average Bonchev–Trinajstić information content (AvgIpc) is 2.86. The molecule has 0 aliphatic rings. The van der Waals surface area contributed by atoms with Crippen LogP contribution >= 0.6 is 11.5 Å². The van der Waals surface area contributed by atoms with Crippen molar-refractivity contribution in [3.63, 3.8) is 0 Å². The molecule has 19 heavy (non-hydrogen) atoms. The number of methoxy groups -OCH3 is 1. The second-order valence-electron chi connectivity index (χ2n) is 3.58. The molecule has 0 amide bonds. The second kappa shape index (κ2) is 5.72. The lowest BCUT2D eigenvalue weighted by Gasteiger charge is -2.04. The molecule has 8 heteroatoms. The molecule has 0 spiro atoms. The van der Waals surface area contributed by atoms with Gasteiger partial charge in [-0.05, 0) is 13.0 Å². The van der Waals surface area contributed by atoms with Crippen LogP contribution in [0.15, 0.2) is 18.5 Å². The van der Waals surface area contributed by atoms with Gasteiger partial charge in [-0.25, -0.2) is 4.79 Å². The number of hydrogen-bond donors (Lipinski definition) is 1. The van der Waals surface area contributed by atoms with Crippen molar-refractivity contribution in [2.75, 3.05) is 7.11 Å². The zero-order valence-corrected chi connectivity index (χ0v) is 11.0. The first kappa shape index (κ1) is 13.4. The number of carbonyl (C=O) groups is 1. The van der Waals surface area contributed by atoms with Crippen molar-refractivity contribution in [2.24, 2.45) is 0 Å². The van der Waals surface area contributed by atoms with Crippen LogP contribution in [0.3, 0.4) is 0 Å². The summed E-state index contributed by atoms with van der Waals surface area (Å²) >= 11 is 1.02. The molecule has 2 aromatic rings. The van der Waals surface area contributed by atoms with Gasteiger partial charge < -0.3 is 14.6 Å². The number of aromatic carboxylic acids is 1. The molecule has 0 radical (unpaired) electrons. The van der Waals surface area contributed by atoms with Gasteiger partial charge in [0.15, 0.2) is 11.6 Å². The Hall–Kier alpha value is -2.06. The Balaban J connectivity index is 2.22. The van der Waals surface area contributed by atoms with Gasteiger partial charge in [-0.3, -0.25) is 4.98 Å². The van der Waals surface area contributed by atoms with E-state index in [9.17, 15) is 4.79 Å². The Morgan fingerprint density at radius 3 is 3.00 bits per heavy atom. The first-order chi connectivity index (χ1) is 9.11. The van der Waals surface area contributed by atoms with Gasteiger partial charge in [0.1, 0.15) is 11.7 Å². The first-order valence-electron chi connectivity index (χ1n) is 5.33. The Kier molecular flexibility index (Phi) is 4.03. The van der Waals surface area contributed by atoms with E-state index in [1.165, 1.54) is 18.5 Å². The molecule has 2 heterocycles. The zero-order valence-electron chi connectivity index (χ0n) is 10.2. The third-order valence-corrected chi connectivity index (χ3v) is 2.96. The lowest BCUT2D eigenvalue weighted by atomic mass is 10.2. The summed E-state index contributed by atoms with van der Waals surface area (Å²) in [6.45, 7) is 1.80. The summed E-state index contributed by atoms with van der Waals surface area (Å²) in [6, 6.07) is 1.36. The molecule has 1 N–H and O–H groups in total. The molecule has 0 aliphatic carbocycles. The Labute approximate surface area is 113 Å². The molecule has 0 aromatic carbocycles. The van der Waals surface area contributed by atoms with E-state index in [0.717, 1.165) is 11.5 Å². The smallest absolute Gasteiger partial charge is 0.339 e. The van der Waals surface area contributed by atoms with Gasteiger partial charge in [-0.1, -0.05) is 0 Å². The van der Waals surface area contributed by atoms with Crippen LogP contribution in [0.5, 0.6) is 10.9 Å². The van der Waals surface area contributed by atoms with Gasteiger partial charge in [0.25, 0.3) is 5.19 Å². The van der Waals surface area contributed by atoms with Gasteiger partial charge in [0.05, 0.1) is 6.20 Å². The van der Waals surface area contributed by atoms with E-state index >= 15 is 0 Å². The number of nitrogens with zero attached hydrogens (tertiary/aromatic N) is 3. The van der Waals surface area contributed by atoms with Crippen molar-refractivity contribution in [1.29, 1.82) is 0 Å². The van der Waals surface area contributed by atoms with Gasteiger partial charge >= 0.3 is 5.97 Å². The summed E-state index contributed by atoms with van der Waals surface area (Å²) in [4.78, 5) is 19.0. The van der Waals surface area contributed by atoms with Gasteiger partial charge in [-0.15, -0.1) is 0 Å². The number of pyridine rings is 1. The minimum absolute atomic E-state index is 0.0199. The molecule has 2 aromatic heterocycles. The lowest BCUT2D eigenvalue weighted by Crippen LogP contribution is -2.01. The number of carboxylic acids is 1. The fourth-order valence-electron chi connectivity index (χ4n) is 1.26. The molecular formula is C11H11N3O4S. The van der Waals surface area contributed by atoms with E-state index in [0.29, 0.717) is 5.82 Å². The molecule has 0 saturated heterocycles. The maximum atomic E-state index is 11.0. The number of carboxylic acid groups (broad SMARTS) is 1. The molecule has 0 fully saturated rings. The van der Waals surface area contributed by atoms with Crippen LogP contribution in [0.25, 0.3) is 0 Å². The summed E-state index contributed by atoms with van der Waals surface area (Å²) in [6.07, 6.45) is 2.46. The quantitative estimate of drug-likeness (QED) is 0.896. The maximum Gasteiger partial charge on any atom is 0.339 e. The predicted octanol–water partition coefficient (Wildman–Crippen LogP) is 2.13. The van der Waals surface area contributed by atoms with Crippen LogP contribution in [0.1, 0.15) is 29.2 Å². The van der Waals surface area contributed by atoms with E-state index in [4.69, 9.17) is 14.6 Å². The maximum absolute atomic E-state index is 11.0.